The SMILES string of the molecule is CCOC(=O)c1nnn(Cc2ccc(OC)cc2)c1C(=O)c1ccc(OCCCCc2ccccc2)c(NC(=O)c2ccccc2)c1[N+](=O)[O-]. The zero-order valence-corrected chi connectivity index (χ0v) is 27.5. The second kappa shape index (κ2) is 16.6. The van der Waals surface area contributed by atoms with E-state index >= 15 is 0 Å². The van der Waals surface area contributed by atoms with Crippen molar-refractivity contribution in [3.05, 3.63) is 141 Å². The van der Waals surface area contributed by atoms with Crippen LogP contribution in [0.1, 0.15) is 67.8 Å². The molecule has 13 nitrogen and oxygen atoms in total. The number of amides is 1. The van der Waals surface area contributed by atoms with Gasteiger partial charge in [0.2, 0.25) is 11.5 Å². The fourth-order valence-corrected chi connectivity index (χ4v) is 5.24. The summed E-state index contributed by atoms with van der Waals surface area (Å²) < 4.78 is 17.5. The molecule has 0 saturated carbocycles. The van der Waals surface area contributed by atoms with Crippen molar-refractivity contribution in [2.24, 2.45) is 0 Å². The van der Waals surface area contributed by atoms with Crippen molar-refractivity contribution in [1.82, 2.24) is 15.0 Å². The largest absolute Gasteiger partial charge is 0.497 e. The number of nitrogens with zero attached hydrogens (tertiary/aromatic N) is 4. The molecule has 0 saturated heterocycles. The summed E-state index contributed by atoms with van der Waals surface area (Å²) >= 11 is 0. The van der Waals surface area contributed by atoms with Gasteiger partial charge in [-0.25, -0.2) is 9.48 Å². The Kier molecular flexibility index (Phi) is 11.6. The minimum Gasteiger partial charge on any atom is -0.497 e. The topological polar surface area (TPSA) is 165 Å². The van der Waals surface area contributed by atoms with Crippen LogP contribution in [0.25, 0.3) is 0 Å². The second-order valence-electron chi connectivity index (χ2n) is 11.0. The molecule has 5 aromatic rings. The maximum atomic E-state index is 14.3. The molecule has 0 atom stereocenters. The first-order valence-electron chi connectivity index (χ1n) is 15.9. The number of carbonyl (C=O) groups excluding carboxylic acids is 3. The van der Waals surface area contributed by atoms with Crippen molar-refractivity contribution in [1.29, 1.82) is 0 Å². The summed E-state index contributed by atoms with van der Waals surface area (Å²) in [6.45, 7) is 1.77. The summed E-state index contributed by atoms with van der Waals surface area (Å²) in [5.41, 5.74) is -0.0770. The summed E-state index contributed by atoms with van der Waals surface area (Å²) in [5, 5.41) is 23.3. The highest BCUT2D eigenvalue weighted by Gasteiger charge is 2.35. The van der Waals surface area contributed by atoms with Gasteiger partial charge in [-0.1, -0.05) is 65.9 Å². The Balaban J connectivity index is 1.53. The Morgan fingerprint density at radius 3 is 2.24 bits per heavy atom. The molecule has 0 bridgehead atoms. The summed E-state index contributed by atoms with van der Waals surface area (Å²) in [7, 11) is 1.53. The third-order valence-electron chi connectivity index (χ3n) is 7.71. The molecule has 0 spiro atoms. The van der Waals surface area contributed by atoms with Crippen LogP contribution in [0.4, 0.5) is 11.4 Å². The standard InChI is InChI=1S/C37H35N5O8/c1-3-49-37(45)32-34(41(40-39-32)24-26-17-19-28(48-2)20-18-26)35(43)29-21-22-30(50-23-11-10-14-25-12-6-4-7-13-25)31(33(29)42(46)47)38-36(44)27-15-8-5-9-16-27/h4-9,12-13,15-22H,3,10-11,14,23-24H2,1-2H3,(H,38,44). The molecule has 1 aromatic heterocycles. The second-order valence-corrected chi connectivity index (χ2v) is 11.0. The number of anilines is 1. The van der Waals surface area contributed by atoms with Crippen LogP contribution in [-0.4, -0.2) is 57.9 Å². The third kappa shape index (κ3) is 8.37. The lowest BCUT2D eigenvalue weighted by Gasteiger charge is -2.15. The Hall–Kier alpha value is -6.37. The lowest BCUT2D eigenvalue weighted by Crippen LogP contribution is -2.20. The quantitative estimate of drug-likeness (QED) is 0.0412. The van der Waals surface area contributed by atoms with E-state index in [-0.39, 0.29) is 42.5 Å². The molecule has 1 heterocycles. The third-order valence-corrected chi connectivity index (χ3v) is 7.71. The van der Waals surface area contributed by atoms with Crippen LogP contribution >= 0.6 is 0 Å². The Bertz CT molecular complexity index is 1960. The van der Waals surface area contributed by atoms with Crippen LogP contribution in [0.15, 0.2) is 97.1 Å². The number of hydrogen-bond acceptors (Lipinski definition) is 10. The van der Waals surface area contributed by atoms with Gasteiger partial charge in [0.1, 0.15) is 22.8 Å². The number of rotatable bonds is 16. The average molecular weight is 678 g/mol. The van der Waals surface area contributed by atoms with Gasteiger partial charge < -0.3 is 19.5 Å². The summed E-state index contributed by atoms with van der Waals surface area (Å²) in [6.07, 6.45) is 2.22. The van der Waals surface area contributed by atoms with Crippen LogP contribution in [0.2, 0.25) is 0 Å². The molecule has 0 fully saturated rings. The first-order valence-corrected chi connectivity index (χ1v) is 15.9. The number of ketones is 1. The highest BCUT2D eigenvalue weighted by atomic mass is 16.6. The molecule has 1 N–H and O–H groups in total. The fourth-order valence-electron chi connectivity index (χ4n) is 5.24. The van der Waals surface area contributed by atoms with E-state index < -0.39 is 39.5 Å². The molecule has 256 valence electrons. The van der Waals surface area contributed by atoms with E-state index in [1.54, 1.807) is 61.5 Å². The number of esters is 1. The molecule has 1 amide bonds. The van der Waals surface area contributed by atoms with E-state index in [0.717, 1.165) is 12.8 Å². The number of nitro groups is 1. The Morgan fingerprint density at radius 1 is 0.880 bits per heavy atom. The highest BCUT2D eigenvalue weighted by Crippen LogP contribution is 2.39. The molecular weight excluding hydrogens is 642 g/mol. The predicted octanol–water partition coefficient (Wildman–Crippen LogP) is 6.30. The number of methoxy groups -OCH3 is 1. The van der Waals surface area contributed by atoms with Gasteiger partial charge in [-0.2, -0.15) is 0 Å². The monoisotopic (exact) mass is 677 g/mol. The van der Waals surface area contributed by atoms with E-state index in [2.05, 4.69) is 15.6 Å². The number of aryl methyl sites for hydroxylation is 1. The van der Waals surface area contributed by atoms with Crippen LogP contribution in [0, 0.1) is 10.1 Å². The molecule has 13 heteroatoms. The van der Waals surface area contributed by atoms with Gasteiger partial charge in [0.25, 0.3) is 5.91 Å². The number of ether oxygens (including phenoxy) is 3. The van der Waals surface area contributed by atoms with Crippen molar-refractivity contribution < 1.29 is 33.5 Å². The number of benzene rings is 4. The van der Waals surface area contributed by atoms with Crippen LogP contribution in [0.5, 0.6) is 11.5 Å². The number of nitro benzene ring substituents is 1. The van der Waals surface area contributed by atoms with Crippen LogP contribution in [0.3, 0.4) is 0 Å². The summed E-state index contributed by atoms with van der Waals surface area (Å²) in [6, 6.07) is 27.6. The molecule has 50 heavy (non-hydrogen) atoms. The summed E-state index contributed by atoms with van der Waals surface area (Å²) in [5.74, 6) is -1.89. The van der Waals surface area contributed by atoms with E-state index in [9.17, 15) is 24.5 Å². The molecule has 0 aliphatic rings. The maximum absolute atomic E-state index is 14.3. The van der Waals surface area contributed by atoms with Crippen molar-refractivity contribution >= 4 is 29.0 Å². The molecule has 0 radical (unpaired) electrons. The number of carbonyl (C=O) groups is 3. The first kappa shape index (κ1) is 35.0. The Labute approximate surface area is 287 Å². The van der Waals surface area contributed by atoms with Crippen molar-refractivity contribution in [3.63, 3.8) is 0 Å². The lowest BCUT2D eigenvalue weighted by atomic mass is 10.0. The van der Waals surface area contributed by atoms with Crippen molar-refractivity contribution in [2.45, 2.75) is 32.7 Å². The molecule has 4 aromatic carbocycles. The van der Waals surface area contributed by atoms with Gasteiger partial charge in [0.15, 0.2) is 5.69 Å². The predicted molar refractivity (Wildman–Crippen MR) is 184 cm³/mol. The van der Waals surface area contributed by atoms with E-state index in [1.807, 2.05) is 30.3 Å². The minimum absolute atomic E-state index is 0.00690. The van der Waals surface area contributed by atoms with Crippen molar-refractivity contribution in [2.75, 3.05) is 25.6 Å². The van der Waals surface area contributed by atoms with E-state index in [1.165, 1.54) is 29.5 Å². The zero-order chi connectivity index (χ0) is 35.5. The smallest absolute Gasteiger partial charge is 0.361 e. The van der Waals surface area contributed by atoms with Crippen LogP contribution in [-0.2, 0) is 17.7 Å². The molecule has 0 unspecified atom stereocenters. The normalized spacial score (nSPS) is 10.7. The van der Waals surface area contributed by atoms with Crippen LogP contribution < -0.4 is 14.8 Å². The van der Waals surface area contributed by atoms with E-state index in [0.29, 0.717) is 17.7 Å². The number of nitrogens with one attached hydrogen (secondary N) is 1. The lowest BCUT2D eigenvalue weighted by molar-refractivity contribution is -0.384. The van der Waals surface area contributed by atoms with Gasteiger partial charge in [-0.3, -0.25) is 19.7 Å². The fraction of sp³-hybridized carbons (Fsp3) is 0.216. The van der Waals surface area contributed by atoms with Gasteiger partial charge in [0, 0.05) is 5.56 Å². The van der Waals surface area contributed by atoms with Crippen molar-refractivity contribution in [3.8, 4) is 11.5 Å². The summed E-state index contributed by atoms with van der Waals surface area (Å²) in [4.78, 5) is 52.6. The first-order chi connectivity index (χ1) is 24.3. The molecule has 0 aliphatic heterocycles. The Morgan fingerprint density at radius 2 is 1.58 bits per heavy atom. The number of aromatic nitrogens is 3. The zero-order valence-electron chi connectivity index (χ0n) is 27.5. The molecule has 5 rings (SSSR count). The molecular formula is C37H35N5O8. The van der Waals surface area contributed by atoms with E-state index in [4.69, 9.17) is 14.2 Å². The number of unbranched alkanes of at least 4 members (excludes halogenated alkanes) is 1. The van der Waals surface area contributed by atoms with Gasteiger partial charge in [-0.05, 0) is 73.7 Å². The van der Waals surface area contributed by atoms with Gasteiger partial charge in [-0.15, -0.1) is 5.10 Å². The molecule has 0 aliphatic carbocycles. The average Bonchev–Trinajstić information content (AvgIpc) is 3.56. The van der Waals surface area contributed by atoms with Gasteiger partial charge in [0.05, 0.1) is 31.8 Å². The minimum atomic E-state index is -0.928. The maximum Gasteiger partial charge on any atom is 0.361 e. The van der Waals surface area contributed by atoms with Gasteiger partial charge >= 0.3 is 11.7 Å². The number of hydrogen-bond donors (Lipinski definition) is 1. The highest BCUT2D eigenvalue weighted by molar-refractivity contribution is 6.17.